The molecule has 0 saturated heterocycles. The van der Waals surface area contributed by atoms with Gasteiger partial charge in [-0.25, -0.2) is 4.79 Å². The summed E-state index contributed by atoms with van der Waals surface area (Å²) >= 11 is 17.0. The fraction of sp³-hybridized carbons (Fsp3) is 0.161. The SMILES string of the molecule is C[C@](N)(Cc1cc(I)c(Oc2cc(I)c(O)c(I)c2)c(I)c1)C(=O)Oc1c(I)cc(Oc2c(I)cc(C[C@H](N)C(=O)O)cc2I)cc1I. The van der Waals surface area contributed by atoms with Crippen LogP contribution in [0.1, 0.15) is 18.1 Å². The molecule has 6 N–H and O–H groups in total. The Bertz CT molecular complexity index is 1830. The Hall–Kier alpha value is 0.980. The zero-order valence-corrected chi connectivity index (χ0v) is 41.5. The zero-order chi connectivity index (χ0) is 35.7. The van der Waals surface area contributed by atoms with E-state index in [1.54, 1.807) is 31.2 Å². The van der Waals surface area contributed by atoms with E-state index in [9.17, 15) is 14.7 Å². The number of hydrogen-bond acceptors (Lipinski definition) is 8. The summed E-state index contributed by atoms with van der Waals surface area (Å²) in [6.45, 7) is 1.65. The number of carbonyl (C=O) groups is 2. The Balaban J connectivity index is 1.48. The van der Waals surface area contributed by atoms with Crippen molar-refractivity contribution in [3.8, 4) is 34.5 Å². The minimum Gasteiger partial charge on any atom is -0.506 e. The number of ether oxygens (including phenoxy) is 3. The molecule has 2 atom stereocenters. The summed E-state index contributed by atoms with van der Waals surface area (Å²) in [6, 6.07) is 13.7. The molecule has 48 heavy (non-hydrogen) atoms. The summed E-state index contributed by atoms with van der Waals surface area (Å²) in [5.41, 5.74) is 12.6. The second-order valence-corrected chi connectivity index (χ2v) is 19.9. The highest BCUT2D eigenvalue weighted by Gasteiger charge is 2.33. The Morgan fingerprint density at radius 3 is 1.48 bits per heavy atom. The van der Waals surface area contributed by atoms with Crippen LogP contribution in [0.2, 0.25) is 0 Å². The van der Waals surface area contributed by atoms with Crippen LogP contribution < -0.4 is 25.7 Å². The quantitative estimate of drug-likeness (QED) is 0.0653. The van der Waals surface area contributed by atoms with Crippen LogP contribution in [0.15, 0.2) is 48.5 Å². The van der Waals surface area contributed by atoms with E-state index in [2.05, 4.69) is 181 Å². The van der Waals surface area contributed by atoms with E-state index in [-0.39, 0.29) is 18.6 Å². The predicted molar refractivity (Wildman–Crippen MR) is 251 cm³/mol. The fourth-order valence-electron chi connectivity index (χ4n) is 4.22. The number of rotatable bonds is 11. The van der Waals surface area contributed by atoms with Gasteiger partial charge < -0.3 is 35.9 Å². The molecule has 0 aliphatic rings. The number of aromatic hydroxyl groups is 1. The molecule has 0 radical (unpaired) electrons. The summed E-state index contributed by atoms with van der Waals surface area (Å²) in [4.78, 5) is 24.6. The normalized spacial score (nSPS) is 13.1. The molecular weight excluding hydrogens is 1530 g/mol. The van der Waals surface area contributed by atoms with E-state index in [1.165, 1.54) is 0 Å². The van der Waals surface area contributed by atoms with Crippen molar-refractivity contribution in [2.75, 3.05) is 0 Å². The molecule has 17 heteroatoms. The number of esters is 1. The third kappa shape index (κ3) is 10.8. The van der Waals surface area contributed by atoms with E-state index in [0.717, 1.165) is 25.4 Å². The first-order valence-electron chi connectivity index (χ1n) is 13.3. The van der Waals surface area contributed by atoms with E-state index in [0.29, 0.717) is 43.0 Å². The van der Waals surface area contributed by atoms with Gasteiger partial charge in [0.15, 0.2) is 17.2 Å². The molecule has 0 aliphatic carbocycles. The van der Waals surface area contributed by atoms with E-state index in [4.69, 9.17) is 30.8 Å². The summed E-state index contributed by atoms with van der Waals surface area (Å²) in [6.07, 6.45) is 0.432. The van der Waals surface area contributed by atoms with Crippen LogP contribution in [0.25, 0.3) is 0 Å². The van der Waals surface area contributed by atoms with Crippen LogP contribution in [0.3, 0.4) is 0 Å². The highest BCUT2D eigenvalue weighted by molar-refractivity contribution is 14.1. The van der Waals surface area contributed by atoms with Gasteiger partial charge in [0.2, 0.25) is 0 Å². The van der Waals surface area contributed by atoms with Gasteiger partial charge in [0.25, 0.3) is 0 Å². The van der Waals surface area contributed by atoms with E-state index in [1.807, 2.05) is 24.3 Å². The largest absolute Gasteiger partial charge is 0.506 e. The topological polar surface area (TPSA) is 154 Å². The van der Waals surface area contributed by atoms with Gasteiger partial charge in [-0.3, -0.25) is 4.79 Å². The van der Waals surface area contributed by atoms with Crippen LogP contribution in [0.5, 0.6) is 34.5 Å². The van der Waals surface area contributed by atoms with Crippen molar-refractivity contribution in [1.29, 1.82) is 0 Å². The monoisotopic (exact) mass is 1550 g/mol. The second kappa shape index (κ2) is 17.9. The van der Waals surface area contributed by atoms with Gasteiger partial charge in [0.1, 0.15) is 28.8 Å². The lowest BCUT2D eigenvalue weighted by molar-refractivity contribution is -0.140. The molecule has 9 nitrogen and oxygen atoms in total. The Morgan fingerprint density at radius 2 is 1.06 bits per heavy atom. The molecule has 0 heterocycles. The minimum atomic E-state index is -1.34. The number of carboxylic acid groups (broad SMARTS) is 1. The third-order valence-electron chi connectivity index (χ3n) is 6.52. The molecule has 0 aromatic heterocycles. The van der Waals surface area contributed by atoms with Gasteiger partial charge >= 0.3 is 11.9 Å². The molecule has 0 aliphatic heterocycles. The first-order valence-corrected chi connectivity index (χ1v) is 22.0. The number of benzene rings is 4. The first kappa shape index (κ1) is 41.7. The summed E-state index contributed by atoms with van der Waals surface area (Å²) in [5.74, 6) is 1.44. The van der Waals surface area contributed by atoms with Gasteiger partial charge in [0, 0.05) is 6.42 Å². The number of phenols is 1. The average molecular weight is 1550 g/mol. The predicted octanol–water partition coefficient (Wildman–Crippen LogP) is 9.63. The van der Waals surface area contributed by atoms with E-state index >= 15 is 0 Å². The Kier molecular flexibility index (Phi) is 15.5. The number of halogens is 8. The van der Waals surface area contributed by atoms with Gasteiger partial charge in [-0.1, -0.05) is 0 Å². The summed E-state index contributed by atoms with van der Waals surface area (Å²) in [7, 11) is 0. The first-order chi connectivity index (χ1) is 22.4. The number of carboxylic acids is 1. The summed E-state index contributed by atoms with van der Waals surface area (Å²) in [5, 5.41) is 19.3. The molecule has 0 amide bonds. The molecule has 254 valence electrons. The maximum Gasteiger partial charge on any atom is 0.331 e. The van der Waals surface area contributed by atoms with Crippen molar-refractivity contribution in [2.24, 2.45) is 11.5 Å². The molecule has 0 unspecified atom stereocenters. The zero-order valence-electron chi connectivity index (χ0n) is 24.2. The number of carbonyl (C=O) groups excluding carboxylic acids is 1. The number of phenolic OH excluding ortho intramolecular Hbond substituents is 1. The summed E-state index contributed by atoms with van der Waals surface area (Å²) < 4.78 is 24.3. The maximum absolute atomic E-state index is 13.4. The molecule has 0 bridgehead atoms. The third-order valence-corrected chi connectivity index (χ3v) is 13.0. The van der Waals surface area contributed by atoms with Crippen molar-refractivity contribution >= 4 is 193 Å². The van der Waals surface area contributed by atoms with Crippen molar-refractivity contribution < 1.29 is 34.0 Å². The van der Waals surface area contributed by atoms with Crippen LogP contribution in [0, 0.1) is 28.6 Å². The molecule has 4 aromatic carbocycles. The van der Waals surface area contributed by atoms with Gasteiger partial charge in [-0.15, -0.1) is 0 Å². The lowest BCUT2D eigenvalue weighted by Gasteiger charge is -2.24. The fourth-order valence-corrected chi connectivity index (χ4v) is 12.1. The van der Waals surface area contributed by atoms with Crippen molar-refractivity contribution in [3.63, 3.8) is 0 Å². The lowest BCUT2D eigenvalue weighted by atomic mass is 9.94. The number of hydrogen-bond donors (Lipinski definition) is 4. The molecule has 4 rings (SSSR count). The highest BCUT2D eigenvalue weighted by Crippen LogP contribution is 2.39. The van der Waals surface area contributed by atoms with Crippen molar-refractivity contribution in [1.82, 2.24) is 0 Å². The average Bonchev–Trinajstić information content (AvgIpc) is 2.97. The van der Waals surface area contributed by atoms with Crippen LogP contribution in [-0.2, 0) is 22.4 Å². The van der Waals surface area contributed by atoms with Crippen LogP contribution >= 0.6 is 181 Å². The van der Waals surface area contributed by atoms with Crippen LogP contribution in [0.4, 0.5) is 0 Å². The minimum absolute atomic E-state index is 0.204. The van der Waals surface area contributed by atoms with Crippen molar-refractivity contribution in [3.05, 3.63) is 88.2 Å². The van der Waals surface area contributed by atoms with Gasteiger partial charge in [0.05, 0.1) is 28.6 Å². The van der Waals surface area contributed by atoms with E-state index < -0.39 is 23.5 Å². The van der Waals surface area contributed by atoms with Crippen molar-refractivity contribution in [2.45, 2.75) is 31.3 Å². The van der Waals surface area contributed by atoms with Gasteiger partial charge in [-0.05, 0) is 254 Å². The maximum atomic E-state index is 13.4. The number of nitrogens with two attached hydrogens (primary N) is 2. The molecule has 0 fully saturated rings. The molecule has 0 saturated carbocycles. The lowest BCUT2D eigenvalue weighted by Crippen LogP contribution is -2.49. The highest BCUT2D eigenvalue weighted by atomic mass is 127. The standard InChI is InChI=1S/C31H22I8N2O7/c1-31(41,11-13-4-20(36)27(21(37)5-13)46-14-7-16(32)25(42)17(33)8-14)30(45)48-28-22(38)9-15(10-23(28)39)47-26-18(34)2-12(3-19(26)35)6-24(40)29(43)44/h2-5,7-10,24,42H,6,11,40-41H2,1H3,(H,43,44)/t24-,31-/m0/s1. The molecule has 0 spiro atoms. The molecular formula is C31H22I8N2O7. The number of aliphatic carboxylic acids is 1. The van der Waals surface area contributed by atoms with Crippen LogP contribution in [-0.4, -0.2) is 33.7 Å². The smallest absolute Gasteiger partial charge is 0.331 e. The second-order valence-electron chi connectivity index (χ2n) is 10.6. The molecule has 4 aromatic rings. The Morgan fingerprint density at radius 1 is 0.688 bits per heavy atom. The van der Waals surface area contributed by atoms with Gasteiger partial charge in [-0.2, -0.15) is 0 Å². The Labute approximate surface area is 385 Å².